The Labute approximate surface area is 365 Å². The molecule has 0 bridgehead atoms. The number of fused-ring (bicyclic) bond motifs is 1. The molecule has 2 unspecified atom stereocenters. The molecule has 0 aliphatic rings. The van der Waals surface area contributed by atoms with Gasteiger partial charge in [0, 0.05) is 78.4 Å². The molecule has 2 atom stereocenters. The number of ether oxygens (including phenoxy) is 2. The summed E-state index contributed by atoms with van der Waals surface area (Å²) in [5.41, 5.74) is 1.11. The third-order valence-electron chi connectivity index (χ3n) is 11.4. The van der Waals surface area contributed by atoms with Crippen LogP contribution in [-0.2, 0) is 4.79 Å². The van der Waals surface area contributed by atoms with Crippen LogP contribution in [0.15, 0.2) is 81.5 Å². The van der Waals surface area contributed by atoms with Crippen molar-refractivity contribution in [3.05, 3.63) is 92.7 Å². The molecular weight excluding hydrogens is 798 g/mol. The number of carbonyl (C=O) groups excluding carboxylic acids is 2. The summed E-state index contributed by atoms with van der Waals surface area (Å²) < 4.78 is 18.1. The van der Waals surface area contributed by atoms with Crippen LogP contribution in [0.1, 0.15) is 77.7 Å². The number of benzene rings is 3. The molecule has 0 aliphatic heterocycles. The molecule has 3 aromatic carbocycles. The van der Waals surface area contributed by atoms with Crippen LogP contribution in [0.5, 0.6) is 11.5 Å². The highest BCUT2D eigenvalue weighted by atomic mass is 35.5. The molecule has 0 radical (unpaired) electrons. The van der Waals surface area contributed by atoms with Crippen LogP contribution in [-0.4, -0.2) is 117 Å². The first-order chi connectivity index (χ1) is 29.1. The maximum absolute atomic E-state index is 14.1. The summed E-state index contributed by atoms with van der Waals surface area (Å²) in [4.78, 5) is 53.8. The predicted octanol–water partition coefficient (Wildman–Crippen LogP) is 7.94. The fourth-order valence-corrected chi connectivity index (χ4v) is 6.76. The van der Waals surface area contributed by atoms with Crippen molar-refractivity contribution in [1.29, 1.82) is 0 Å². The molecule has 3 N–H and O–H groups in total. The van der Waals surface area contributed by atoms with Crippen LogP contribution >= 0.6 is 11.6 Å². The molecule has 4 aromatic rings. The van der Waals surface area contributed by atoms with E-state index >= 15 is 0 Å². The van der Waals surface area contributed by atoms with Gasteiger partial charge in [-0.15, -0.1) is 0 Å². The third-order valence-corrected chi connectivity index (χ3v) is 11.7. The highest BCUT2D eigenvalue weighted by Gasteiger charge is 2.28. The van der Waals surface area contributed by atoms with Gasteiger partial charge in [0.1, 0.15) is 34.9 Å². The quantitative estimate of drug-likeness (QED) is 0.0288. The molecule has 0 fully saturated rings. The highest BCUT2D eigenvalue weighted by Crippen LogP contribution is 2.37. The Kier molecular flexibility index (Phi) is 18.8. The van der Waals surface area contributed by atoms with E-state index in [1.807, 2.05) is 39.8 Å². The second-order valence-electron chi connectivity index (χ2n) is 16.4. The van der Waals surface area contributed by atoms with E-state index in [1.54, 1.807) is 68.4 Å². The summed E-state index contributed by atoms with van der Waals surface area (Å²) >= 11 is 6.39. The van der Waals surface area contributed by atoms with Gasteiger partial charge in [0.15, 0.2) is 12.4 Å². The Balaban J connectivity index is 1.36. The molecule has 1 amide bonds. The molecule has 0 saturated carbocycles. The van der Waals surface area contributed by atoms with E-state index in [9.17, 15) is 19.4 Å². The number of carbonyl (C=O) groups is 2. The number of nitroso groups, excluding NO2 is 2. The number of amides is 1. The lowest BCUT2D eigenvalue weighted by Gasteiger charge is -2.32. The zero-order valence-electron chi connectivity index (χ0n) is 37.0. The van der Waals surface area contributed by atoms with E-state index < -0.39 is 23.2 Å². The second kappa shape index (κ2) is 23.5. The Morgan fingerprint density at radius 1 is 0.754 bits per heavy atom. The van der Waals surface area contributed by atoms with Crippen molar-refractivity contribution in [3.8, 4) is 22.8 Å². The Bertz CT molecular complexity index is 1990. The van der Waals surface area contributed by atoms with Crippen LogP contribution in [0.2, 0.25) is 5.02 Å². The lowest BCUT2D eigenvalue weighted by atomic mass is 9.97. The van der Waals surface area contributed by atoms with Crippen LogP contribution in [0.25, 0.3) is 22.3 Å². The minimum absolute atomic E-state index is 0.194. The SMILES string of the molecule is CCN(CC)CCCOc1ccc(C(=O)c2c(-c3ccc(OCC(=O)NCCN(CCNC(C)(C)C(C)N=O)CCNC(C)(C)C(C)N=O)cc3)oc3ccc(Cl)cc23)cc1. The summed E-state index contributed by atoms with van der Waals surface area (Å²) in [6, 6.07) is 18.6. The van der Waals surface area contributed by atoms with Crippen molar-refractivity contribution < 1.29 is 23.5 Å². The average molecular weight is 863 g/mol. The summed E-state index contributed by atoms with van der Waals surface area (Å²) in [6.45, 7) is 22.5. The van der Waals surface area contributed by atoms with E-state index in [0.717, 1.165) is 26.1 Å². The lowest BCUT2D eigenvalue weighted by Crippen LogP contribution is -2.52. The number of nitrogens with zero attached hydrogens (tertiary/aromatic N) is 4. The largest absolute Gasteiger partial charge is 0.494 e. The van der Waals surface area contributed by atoms with Crippen molar-refractivity contribution in [2.45, 2.75) is 85.0 Å². The summed E-state index contributed by atoms with van der Waals surface area (Å²) in [6.07, 6.45) is 0.909. The van der Waals surface area contributed by atoms with Crippen LogP contribution in [0.3, 0.4) is 0 Å². The molecule has 15 heteroatoms. The molecule has 0 aliphatic carbocycles. The summed E-state index contributed by atoms with van der Waals surface area (Å²) in [5, 5.41) is 17.2. The number of nitrogens with one attached hydrogen (secondary N) is 3. The standard InChI is InChI=1S/C46H64ClN7O7/c1-9-53(10-2)25-11-29-59-37-17-12-34(13-18-37)43(56)42-39-30-36(47)16-21-40(39)61-44(42)35-14-19-38(20-15-35)60-31-41(55)48-22-26-54(27-23-49-45(5,6)32(3)51-57)28-24-50-46(7,8)33(4)52-58/h12-21,30,32-33,49-50H,9-11,22-29,31H2,1-8H3,(H,48,55). The van der Waals surface area contributed by atoms with E-state index in [0.29, 0.717) is 95.8 Å². The van der Waals surface area contributed by atoms with Crippen molar-refractivity contribution in [1.82, 2.24) is 25.8 Å². The Hall–Kier alpha value is -4.73. The molecule has 0 spiro atoms. The van der Waals surface area contributed by atoms with Gasteiger partial charge in [0.05, 0.1) is 12.2 Å². The molecule has 1 heterocycles. The van der Waals surface area contributed by atoms with E-state index in [-0.39, 0.29) is 18.3 Å². The maximum Gasteiger partial charge on any atom is 0.257 e. The predicted molar refractivity (Wildman–Crippen MR) is 244 cm³/mol. The zero-order valence-corrected chi connectivity index (χ0v) is 37.8. The Morgan fingerprint density at radius 3 is 1.89 bits per heavy atom. The zero-order chi connectivity index (χ0) is 44.6. The summed E-state index contributed by atoms with van der Waals surface area (Å²) in [5.74, 6) is 1.08. The van der Waals surface area contributed by atoms with Gasteiger partial charge in [-0.3, -0.25) is 14.5 Å². The van der Waals surface area contributed by atoms with Crippen LogP contribution in [0, 0.1) is 9.81 Å². The number of halogens is 1. The molecular formula is C46H64ClN7O7. The number of hydrogen-bond donors (Lipinski definition) is 3. The van der Waals surface area contributed by atoms with Gasteiger partial charge in [-0.1, -0.05) is 35.8 Å². The molecule has 1 aromatic heterocycles. The molecule has 332 valence electrons. The number of rotatable bonds is 28. The van der Waals surface area contributed by atoms with Gasteiger partial charge in [-0.25, -0.2) is 0 Å². The van der Waals surface area contributed by atoms with E-state index in [1.165, 1.54) is 0 Å². The molecule has 61 heavy (non-hydrogen) atoms. The fraction of sp³-hybridized carbons (Fsp3) is 0.522. The van der Waals surface area contributed by atoms with Crippen LogP contribution < -0.4 is 25.4 Å². The van der Waals surface area contributed by atoms with Gasteiger partial charge in [0.25, 0.3) is 5.91 Å². The highest BCUT2D eigenvalue weighted by molar-refractivity contribution is 6.32. The normalized spacial score (nSPS) is 13.0. The van der Waals surface area contributed by atoms with Gasteiger partial charge >= 0.3 is 0 Å². The van der Waals surface area contributed by atoms with Gasteiger partial charge < -0.3 is 34.7 Å². The smallest absolute Gasteiger partial charge is 0.257 e. The first-order valence-corrected chi connectivity index (χ1v) is 21.6. The fourth-order valence-electron chi connectivity index (χ4n) is 6.59. The number of furan rings is 1. The maximum atomic E-state index is 14.1. The molecule has 0 saturated heterocycles. The second-order valence-corrected chi connectivity index (χ2v) is 16.8. The Morgan fingerprint density at radius 2 is 1.31 bits per heavy atom. The number of hydrogen-bond acceptors (Lipinski definition) is 13. The van der Waals surface area contributed by atoms with Crippen LogP contribution in [0.4, 0.5) is 0 Å². The van der Waals surface area contributed by atoms with Crippen molar-refractivity contribution >= 4 is 34.3 Å². The van der Waals surface area contributed by atoms with Crippen molar-refractivity contribution in [3.63, 3.8) is 0 Å². The molecule has 14 nitrogen and oxygen atoms in total. The number of ketones is 1. The van der Waals surface area contributed by atoms with Gasteiger partial charge in [-0.2, -0.15) is 9.81 Å². The lowest BCUT2D eigenvalue weighted by molar-refractivity contribution is -0.123. The minimum atomic E-state index is -0.476. The minimum Gasteiger partial charge on any atom is -0.494 e. The van der Waals surface area contributed by atoms with Gasteiger partial charge in [-0.05, 0) is 128 Å². The third kappa shape index (κ3) is 14.4. The first-order valence-electron chi connectivity index (χ1n) is 21.2. The van der Waals surface area contributed by atoms with Gasteiger partial charge in [0.2, 0.25) is 0 Å². The summed E-state index contributed by atoms with van der Waals surface area (Å²) in [7, 11) is 0. The monoisotopic (exact) mass is 861 g/mol. The first kappa shape index (κ1) is 48.9. The average Bonchev–Trinajstić information content (AvgIpc) is 3.63. The van der Waals surface area contributed by atoms with Crippen molar-refractivity contribution in [2.24, 2.45) is 10.4 Å². The van der Waals surface area contributed by atoms with Crippen molar-refractivity contribution in [2.75, 3.05) is 72.1 Å². The van der Waals surface area contributed by atoms with E-state index in [4.69, 9.17) is 25.5 Å². The molecule has 4 rings (SSSR count). The van der Waals surface area contributed by atoms with E-state index in [2.05, 4.69) is 50.0 Å². The topological polar surface area (TPSA) is 167 Å².